The third-order valence-corrected chi connectivity index (χ3v) is 6.86. The summed E-state index contributed by atoms with van der Waals surface area (Å²) >= 11 is 5.97. The van der Waals surface area contributed by atoms with Crippen molar-refractivity contribution >= 4 is 27.6 Å². The van der Waals surface area contributed by atoms with Crippen LogP contribution in [0, 0.1) is 0 Å². The van der Waals surface area contributed by atoms with Crippen molar-refractivity contribution in [3.63, 3.8) is 0 Å². The van der Waals surface area contributed by atoms with Crippen LogP contribution in [0.3, 0.4) is 0 Å². The van der Waals surface area contributed by atoms with E-state index in [1.807, 2.05) is 6.92 Å². The van der Waals surface area contributed by atoms with Crippen molar-refractivity contribution < 1.29 is 18.3 Å². The lowest BCUT2D eigenvalue weighted by atomic mass is 10.1. The average molecular weight is 430 g/mol. The molecule has 0 radical (unpaired) electrons. The summed E-state index contributed by atoms with van der Waals surface area (Å²) in [5.41, 5.74) is 1.64. The van der Waals surface area contributed by atoms with Crippen molar-refractivity contribution in [3.05, 3.63) is 101 Å². The van der Waals surface area contributed by atoms with Gasteiger partial charge in [0.05, 0.1) is 10.5 Å². The summed E-state index contributed by atoms with van der Waals surface area (Å²) in [4.78, 5) is 11.3. The van der Waals surface area contributed by atoms with Crippen LogP contribution >= 0.6 is 11.6 Å². The lowest BCUT2D eigenvalue weighted by Gasteiger charge is -2.29. The molecule has 7 heteroatoms. The Balaban J connectivity index is 2.01. The predicted octanol–water partition coefficient (Wildman–Crippen LogP) is 4.99. The van der Waals surface area contributed by atoms with Gasteiger partial charge in [-0.2, -0.15) is 4.31 Å². The normalized spacial score (nSPS) is 12.7. The Morgan fingerprint density at radius 1 is 0.966 bits per heavy atom. The first-order valence-electron chi connectivity index (χ1n) is 8.93. The van der Waals surface area contributed by atoms with E-state index in [1.165, 1.54) is 16.4 Å². The van der Waals surface area contributed by atoms with E-state index in [4.69, 9.17) is 16.7 Å². The van der Waals surface area contributed by atoms with Crippen LogP contribution in [0.1, 0.15) is 34.5 Å². The summed E-state index contributed by atoms with van der Waals surface area (Å²) in [5.74, 6) is -1.03. The molecule has 3 aromatic rings. The van der Waals surface area contributed by atoms with Crippen LogP contribution in [0.2, 0.25) is 5.02 Å². The topological polar surface area (TPSA) is 74.7 Å². The molecule has 0 saturated carbocycles. The zero-order valence-corrected chi connectivity index (χ0v) is 17.3. The second-order valence-electron chi connectivity index (χ2n) is 6.59. The van der Waals surface area contributed by atoms with Crippen molar-refractivity contribution in [1.29, 1.82) is 0 Å². The third kappa shape index (κ3) is 4.85. The highest BCUT2D eigenvalue weighted by atomic mass is 35.5. The van der Waals surface area contributed by atoms with Crippen LogP contribution in [0.15, 0.2) is 83.8 Å². The van der Waals surface area contributed by atoms with Crippen molar-refractivity contribution in [3.8, 4) is 0 Å². The minimum absolute atomic E-state index is 0.0981. The number of sulfonamides is 1. The van der Waals surface area contributed by atoms with E-state index in [-0.39, 0.29) is 17.0 Å². The molecule has 0 aromatic heterocycles. The summed E-state index contributed by atoms with van der Waals surface area (Å²) in [6, 6.07) is 21.0. The number of hydrogen-bond donors (Lipinski definition) is 1. The van der Waals surface area contributed by atoms with Gasteiger partial charge < -0.3 is 5.11 Å². The first kappa shape index (κ1) is 21.0. The van der Waals surface area contributed by atoms with Crippen molar-refractivity contribution in [2.75, 3.05) is 0 Å². The molecular weight excluding hydrogens is 410 g/mol. The van der Waals surface area contributed by atoms with Gasteiger partial charge in [-0.1, -0.05) is 54.1 Å². The molecular formula is C22H20ClNO4S. The maximum Gasteiger partial charge on any atom is 0.335 e. The molecule has 3 rings (SSSR count). The second-order valence-corrected chi connectivity index (χ2v) is 8.92. The molecule has 0 spiro atoms. The zero-order valence-electron chi connectivity index (χ0n) is 15.7. The minimum Gasteiger partial charge on any atom is -0.478 e. The maximum atomic E-state index is 13.4. The fraction of sp³-hybridized carbons (Fsp3) is 0.136. The number of benzene rings is 3. The Labute approximate surface area is 175 Å². The highest BCUT2D eigenvalue weighted by molar-refractivity contribution is 7.89. The third-order valence-electron chi connectivity index (χ3n) is 4.67. The van der Waals surface area contributed by atoms with Crippen molar-refractivity contribution in [2.24, 2.45) is 0 Å². The molecule has 5 nitrogen and oxygen atoms in total. The Hall–Kier alpha value is -2.67. The van der Waals surface area contributed by atoms with Crippen LogP contribution in [0.4, 0.5) is 0 Å². The maximum absolute atomic E-state index is 13.4. The molecule has 0 bridgehead atoms. The number of hydrogen-bond acceptors (Lipinski definition) is 3. The minimum atomic E-state index is -3.80. The van der Waals surface area contributed by atoms with E-state index in [1.54, 1.807) is 66.7 Å². The van der Waals surface area contributed by atoms with Gasteiger partial charge in [0, 0.05) is 17.6 Å². The van der Waals surface area contributed by atoms with Gasteiger partial charge in [-0.05, 0) is 54.4 Å². The zero-order chi connectivity index (χ0) is 21.0. The number of rotatable bonds is 7. The van der Waals surface area contributed by atoms with E-state index < -0.39 is 22.0 Å². The van der Waals surface area contributed by atoms with E-state index in [2.05, 4.69) is 0 Å². The largest absolute Gasteiger partial charge is 0.478 e. The predicted molar refractivity (Wildman–Crippen MR) is 112 cm³/mol. The number of carboxylic acids is 1. The summed E-state index contributed by atoms with van der Waals surface area (Å²) in [7, 11) is -3.80. The van der Waals surface area contributed by atoms with Crippen LogP contribution < -0.4 is 0 Å². The van der Waals surface area contributed by atoms with Crippen LogP contribution in [0.5, 0.6) is 0 Å². The van der Waals surface area contributed by atoms with Crippen LogP contribution in [0.25, 0.3) is 0 Å². The average Bonchev–Trinajstić information content (AvgIpc) is 2.73. The quantitative estimate of drug-likeness (QED) is 0.574. The van der Waals surface area contributed by atoms with Gasteiger partial charge in [0.2, 0.25) is 10.0 Å². The second kappa shape index (κ2) is 8.78. The SMILES string of the molecule is C[C@@H](c1ccc(Cl)cc1)N(Cc1ccc(C(=O)O)cc1)S(=O)(=O)c1ccccc1. The van der Waals surface area contributed by atoms with E-state index in [9.17, 15) is 13.2 Å². The Morgan fingerprint density at radius 2 is 1.55 bits per heavy atom. The Morgan fingerprint density at radius 3 is 2.10 bits per heavy atom. The summed E-state index contributed by atoms with van der Waals surface area (Å²) in [5, 5.41) is 9.65. The molecule has 0 heterocycles. The summed E-state index contributed by atoms with van der Waals surface area (Å²) in [6.07, 6.45) is 0. The number of halogens is 1. The van der Waals surface area contributed by atoms with E-state index in [0.29, 0.717) is 10.6 Å². The fourth-order valence-corrected chi connectivity index (χ4v) is 4.75. The van der Waals surface area contributed by atoms with Gasteiger partial charge in [-0.3, -0.25) is 0 Å². The molecule has 1 N–H and O–H groups in total. The van der Waals surface area contributed by atoms with Gasteiger partial charge in [0.25, 0.3) is 0 Å². The van der Waals surface area contributed by atoms with Crippen molar-refractivity contribution in [1.82, 2.24) is 4.31 Å². The first-order valence-corrected chi connectivity index (χ1v) is 10.8. The standard InChI is InChI=1S/C22H20ClNO4S/c1-16(18-11-13-20(23)14-12-18)24(29(27,28)21-5-3-2-4-6-21)15-17-7-9-19(10-8-17)22(25)26/h2-14,16H,15H2,1H3,(H,25,26)/t16-/m0/s1. The molecule has 0 fully saturated rings. The number of carbonyl (C=O) groups is 1. The molecule has 0 aliphatic carbocycles. The van der Waals surface area contributed by atoms with Gasteiger partial charge >= 0.3 is 5.97 Å². The molecule has 0 unspecified atom stereocenters. The lowest BCUT2D eigenvalue weighted by molar-refractivity contribution is 0.0697. The molecule has 0 saturated heterocycles. The smallest absolute Gasteiger partial charge is 0.335 e. The van der Waals surface area contributed by atoms with E-state index in [0.717, 1.165) is 5.56 Å². The molecule has 0 amide bonds. The van der Waals surface area contributed by atoms with Gasteiger partial charge in [0.1, 0.15) is 0 Å². The van der Waals surface area contributed by atoms with Crippen molar-refractivity contribution in [2.45, 2.75) is 24.4 Å². The van der Waals surface area contributed by atoms with Gasteiger partial charge in [0.15, 0.2) is 0 Å². The molecule has 150 valence electrons. The highest BCUT2D eigenvalue weighted by Gasteiger charge is 2.30. The number of carboxylic acid groups (broad SMARTS) is 1. The van der Waals surface area contributed by atoms with E-state index >= 15 is 0 Å². The first-order chi connectivity index (χ1) is 13.8. The monoisotopic (exact) mass is 429 g/mol. The fourth-order valence-electron chi connectivity index (χ4n) is 3.00. The molecule has 29 heavy (non-hydrogen) atoms. The lowest BCUT2D eigenvalue weighted by Crippen LogP contribution is -2.33. The summed E-state index contributed by atoms with van der Waals surface area (Å²) < 4.78 is 28.2. The highest BCUT2D eigenvalue weighted by Crippen LogP contribution is 2.30. The van der Waals surface area contributed by atoms with Gasteiger partial charge in [-0.25, -0.2) is 13.2 Å². The van der Waals surface area contributed by atoms with Crippen LogP contribution in [-0.2, 0) is 16.6 Å². The Kier molecular flexibility index (Phi) is 6.37. The van der Waals surface area contributed by atoms with Gasteiger partial charge in [-0.15, -0.1) is 0 Å². The molecule has 3 aromatic carbocycles. The Bertz CT molecular complexity index is 1080. The number of nitrogens with zero attached hydrogens (tertiary/aromatic N) is 1. The van der Waals surface area contributed by atoms with Crippen LogP contribution in [-0.4, -0.2) is 23.8 Å². The summed E-state index contributed by atoms with van der Waals surface area (Å²) in [6.45, 7) is 1.91. The molecule has 0 aliphatic heterocycles. The number of aromatic carboxylic acids is 1. The molecule has 0 aliphatic rings. The molecule has 1 atom stereocenters.